The zero-order valence-corrected chi connectivity index (χ0v) is 14.9. The van der Waals surface area contributed by atoms with Crippen LogP contribution in [0.25, 0.3) is 11.0 Å². The van der Waals surface area contributed by atoms with Crippen molar-refractivity contribution in [1.82, 2.24) is 10.2 Å². The SMILES string of the molecule is Cc1cc(=O)oc2c(C)c(OCC(=O)NC[C@@H]3CCN(C)C3)ccc12. The molecule has 1 fully saturated rings. The van der Waals surface area contributed by atoms with Crippen molar-refractivity contribution in [2.45, 2.75) is 20.3 Å². The fourth-order valence-electron chi connectivity index (χ4n) is 3.30. The van der Waals surface area contributed by atoms with Gasteiger partial charge in [0.05, 0.1) is 0 Å². The lowest BCUT2D eigenvalue weighted by Gasteiger charge is -2.13. The summed E-state index contributed by atoms with van der Waals surface area (Å²) in [5, 5.41) is 3.80. The normalized spacial score (nSPS) is 17.8. The summed E-state index contributed by atoms with van der Waals surface area (Å²) in [6, 6.07) is 5.13. The number of hydrogen-bond acceptors (Lipinski definition) is 5. The number of nitrogens with one attached hydrogen (secondary N) is 1. The van der Waals surface area contributed by atoms with Crippen LogP contribution in [0.3, 0.4) is 0 Å². The van der Waals surface area contributed by atoms with Gasteiger partial charge >= 0.3 is 5.63 Å². The lowest BCUT2D eigenvalue weighted by atomic mass is 10.1. The van der Waals surface area contributed by atoms with Gasteiger partial charge in [0, 0.05) is 30.1 Å². The molecule has 0 spiro atoms. The monoisotopic (exact) mass is 344 g/mol. The quantitative estimate of drug-likeness (QED) is 0.838. The Balaban J connectivity index is 1.62. The Labute approximate surface area is 146 Å². The number of likely N-dealkylation sites (tertiary alicyclic amines) is 1. The minimum atomic E-state index is -0.385. The van der Waals surface area contributed by atoms with Crippen molar-refractivity contribution in [3.05, 3.63) is 39.7 Å². The van der Waals surface area contributed by atoms with E-state index in [0.29, 0.717) is 23.8 Å². The lowest BCUT2D eigenvalue weighted by molar-refractivity contribution is -0.123. The van der Waals surface area contributed by atoms with Gasteiger partial charge in [-0.3, -0.25) is 4.79 Å². The Hall–Kier alpha value is -2.34. The van der Waals surface area contributed by atoms with Gasteiger partial charge in [0.15, 0.2) is 6.61 Å². The highest BCUT2D eigenvalue weighted by Crippen LogP contribution is 2.28. The molecule has 0 unspecified atom stereocenters. The second-order valence-corrected chi connectivity index (χ2v) is 6.82. The molecule has 1 aliphatic heterocycles. The molecule has 1 atom stereocenters. The molecule has 1 aliphatic rings. The number of hydrogen-bond donors (Lipinski definition) is 1. The minimum absolute atomic E-state index is 0.0506. The molecule has 6 heteroatoms. The van der Waals surface area contributed by atoms with Gasteiger partial charge in [-0.25, -0.2) is 4.79 Å². The zero-order chi connectivity index (χ0) is 18.0. The van der Waals surface area contributed by atoms with Crippen molar-refractivity contribution in [2.75, 3.05) is 33.3 Å². The van der Waals surface area contributed by atoms with Crippen molar-refractivity contribution in [2.24, 2.45) is 5.92 Å². The smallest absolute Gasteiger partial charge is 0.336 e. The third-order valence-electron chi connectivity index (χ3n) is 4.75. The zero-order valence-electron chi connectivity index (χ0n) is 14.9. The Morgan fingerprint density at radius 1 is 1.40 bits per heavy atom. The molecule has 1 saturated heterocycles. The summed E-state index contributed by atoms with van der Waals surface area (Å²) in [4.78, 5) is 25.9. The molecule has 1 amide bonds. The summed E-state index contributed by atoms with van der Waals surface area (Å²) < 4.78 is 10.9. The molecule has 0 radical (unpaired) electrons. The molecule has 2 heterocycles. The summed E-state index contributed by atoms with van der Waals surface area (Å²) in [6.45, 7) is 6.42. The van der Waals surface area contributed by atoms with E-state index in [0.717, 1.165) is 36.0 Å². The van der Waals surface area contributed by atoms with Gasteiger partial charge < -0.3 is 19.4 Å². The Bertz CT molecular complexity index is 843. The summed E-state index contributed by atoms with van der Waals surface area (Å²) in [5.74, 6) is 0.922. The fourth-order valence-corrected chi connectivity index (χ4v) is 3.30. The molecule has 0 aliphatic carbocycles. The van der Waals surface area contributed by atoms with Crippen LogP contribution >= 0.6 is 0 Å². The predicted octanol–water partition coefficient (Wildman–Crippen LogP) is 1.86. The summed E-state index contributed by atoms with van der Waals surface area (Å²) in [7, 11) is 2.09. The maximum Gasteiger partial charge on any atom is 0.336 e. The highest BCUT2D eigenvalue weighted by Gasteiger charge is 2.20. The molecule has 0 bridgehead atoms. The van der Waals surface area contributed by atoms with E-state index in [1.807, 2.05) is 26.0 Å². The molecule has 134 valence electrons. The second-order valence-electron chi connectivity index (χ2n) is 6.82. The van der Waals surface area contributed by atoms with Crippen LogP contribution in [0.2, 0.25) is 0 Å². The average molecular weight is 344 g/mol. The molecule has 1 N–H and O–H groups in total. The van der Waals surface area contributed by atoms with Gasteiger partial charge in [0.25, 0.3) is 5.91 Å². The van der Waals surface area contributed by atoms with Gasteiger partial charge in [-0.05, 0) is 57.5 Å². The minimum Gasteiger partial charge on any atom is -0.483 e. The van der Waals surface area contributed by atoms with Crippen LogP contribution in [0.4, 0.5) is 0 Å². The summed E-state index contributed by atoms with van der Waals surface area (Å²) in [6.07, 6.45) is 1.11. The molecule has 2 aromatic rings. The van der Waals surface area contributed by atoms with E-state index in [4.69, 9.17) is 9.15 Å². The van der Waals surface area contributed by atoms with Crippen molar-refractivity contribution < 1.29 is 13.9 Å². The molecular formula is C19H24N2O4. The van der Waals surface area contributed by atoms with Gasteiger partial charge in [-0.15, -0.1) is 0 Å². The van der Waals surface area contributed by atoms with Crippen LogP contribution < -0.4 is 15.7 Å². The van der Waals surface area contributed by atoms with Gasteiger partial charge in [-0.2, -0.15) is 0 Å². The average Bonchev–Trinajstić information content (AvgIpc) is 2.98. The van der Waals surface area contributed by atoms with Crippen molar-refractivity contribution in [1.29, 1.82) is 0 Å². The third kappa shape index (κ3) is 4.02. The van der Waals surface area contributed by atoms with E-state index in [-0.39, 0.29) is 18.1 Å². The van der Waals surface area contributed by atoms with Crippen molar-refractivity contribution >= 4 is 16.9 Å². The first kappa shape index (κ1) is 17.5. The summed E-state index contributed by atoms with van der Waals surface area (Å²) >= 11 is 0. The van der Waals surface area contributed by atoms with E-state index >= 15 is 0 Å². The fraction of sp³-hybridized carbons (Fsp3) is 0.474. The van der Waals surface area contributed by atoms with Crippen molar-refractivity contribution in [3.63, 3.8) is 0 Å². The van der Waals surface area contributed by atoms with E-state index in [9.17, 15) is 9.59 Å². The van der Waals surface area contributed by atoms with E-state index in [1.165, 1.54) is 6.07 Å². The molecule has 1 aromatic carbocycles. The highest BCUT2D eigenvalue weighted by molar-refractivity contribution is 5.85. The standard InChI is InChI=1S/C19H24N2O4/c1-12-8-18(23)25-19-13(2)16(5-4-15(12)19)24-11-17(22)20-9-14-6-7-21(3)10-14/h4-5,8,14H,6-7,9-11H2,1-3H3,(H,20,22)/t14-/m0/s1. The Morgan fingerprint density at radius 3 is 2.92 bits per heavy atom. The van der Waals surface area contributed by atoms with Crippen LogP contribution in [-0.4, -0.2) is 44.1 Å². The number of carbonyl (C=O) groups excluding carboxylic acids is 1. The Kier molecular flexibility index (Phi) is 5.08. The van der Waals surface area contributed by atoms with Crippen LogP contribution in [0.15, 0.2) is 27.4 Å². The maximum atomic E-state index is 12.0. The number of carbonyl (C=O) groups is 1. The van der Waals surface area contributed by atoms with Crippen LogP contribution in [0.5, 0.6) is 5.75 Å². The largest absolute Gasteiger partial charge is 0.483 e. The molecular weight excluding hydrogens is 320 g/mol. The molecule has 3 rings (SSSR count). The second kappa shape index (κ2) is 7.27. The van der Waals surface area contributed by atoms with E-state index in [1.54, 1.807) is 0 Å². The van der Waals surface area contributed by atoms with Gasteiger partial charge in [0.1, 0.15) is 11.3 Å². The lowest BCUT2D eigenvalue weighted by Crippen LogP contribution is -2.34. The first-order chi connectivity index (χ1) is 11.9. The number of aryl methyl sites for hydroxylation is 2. The number of ether oxygens (including phenoxy) is 1. The van der Waals surface area contributed by atoms with Crippen LogP contribution in [0.1, 0.15) is 17.5 Å². The predicted molar refractivity (Wildman–Crippen MR) is 96.1 cm³/mol. The molecule has 6 nitrogen and oxygen atoms in total. The van der Waals surface area contributed by atoms with E-state index in [2.05, 4.69) is 17.3 Å². The number of fused-ring (bicyclic) bond motifs is 1. The first-order valence-electron chi connectivity index (χ1n) is 8.56. The Morgan fingerprint density at radius 2 is 2.20 bits per heavy atom. The number of rotatable bonds is 5. The molecule has 0 saturated carbocycles. The van der Waals surface area contributed by atoms with Crippen LogP contribution in [-0.2, 0) is 4.79 Å². The summed E-state index contributed by atoms with van der Waals surface area (Å²) in [5.41, 5.74) is 1.71. The van der Waals surface area contributed by atoms with E-state index < -0.39 is 0 Å². The van der Waals surface area contributed by atoms with Gasteiger partial charge in [0.2, 0.25) is 0 Å². The molecule has 1 aromatic heterocycles. The maximum absolute atomic E-state index is 12.0. The third-order valence-corrected chi connectivity index (χ3v) is 4.75. The first-order valence-corrected chi connectivity index (χ1v) is 8.56. The number of nitrogens with zero attached hydrogens (tertiary/aromatic N) is 1. The number of benzene rings is 1. The molecule has 25 heavy (non-hydrogen) atoms. The highest BCUT2D eigenvalue weighted by atomic mass is 16.5. The van der Waals surface area contributed by atoms with Crippen molar-refractivity contribution in [3.8, 4) is 5.75 Å². The van der Waals surface area contributed by atoms with Gasteiger partial charge in [-0.1, -0.05) is 0 Å². The topological polar surface area (TPSA) is 71.8 Å². The van der Waals surface area contributed by atoms with Crippen LogP contribution in [0, 0.1) is 19.8 Å². The number of amides is 1.